The maximum Gasteiger partial charge on any atom is 0.101 e. The highest BCUT2D eigenvalue weighted by atomic mass is 15.0. The molecule has 0 heterocycles. The average molecular weight is 189 g/mol. The van der Waals surface area contributed by atoms with E-state index in [1.165, 1.54) is 0 Å². The average Bonchev–Trinajstić information content (AvgIpc) is 2.06. The van der Waals surface area contributed by atoms with Crippen LogP contribution in [0.15, 0.2) is 18.2 Å². The van der Waals surface area contributed by atoms with E-state index in [-0.39, 0.29) is 5.54 Å². The van der Waals surface area contributed by atoms with Gasteiger partial charge in [0.2, 0.25) is 0 Å². The fraction of sp³-hybridized carbons (Fsp3) is 0.364. The molecule has 0 atom stereocenters. The van der Waals surface area contributed by atoms with Gasteiger partial charge in [0.1, 0.15) is 6.07 Å². The van der Waals surface area contributed by atoms with Gasteiger partial charge in [-0.2, -0.15) is 5.26 Å². The first-order valence-corrected chi connectivity index (χ1v) is 4.51. The molecule has 0 radical (unpaired) electrons. The van der Waals surface area contributed by atoms with Gasteiger partial charge < -0.3 is 11.1 Å². The molecule has 0 aromatic heterocycles. The number of nitrogens with one attached hydrogen (secondary N) is 1. The Morgan fingerprint density at radius 1 is 1.36 bits per heavy atom. The van der Waals surface area contributed by atoms with Crippen LogP contribution in [0.25, 0.3) is 0 Å². The standard InChI is InChI=1S/C11H15N3/c1-11(2,3)14-9-6-4-5-8(7-12)10(9)13/h4-6,14H,13H2,1-3H3. The van der Waals surface area contributed by atoms with E-state index in [2.05, 4.69) is 11.4 Å². The van der Waals surface area contributed by atoms with Gasteiger partial charge in [0, 0.05) is 5.54 Å². The number of para-hydroxylation sites is 1. The highest BCUT2D eigenvalue weighted by Crippen LogP contribution is 2.24. The molecule has 1 aromatic rings. The van der Waals surface area contributed by atoms with E-state index in [9.17, 15) is 0 Å². The maximum absolute atomic E-state index is 8.78. The largest absolute Gasteiger partial charge is 0.396 e. The summed E-state index contributed by atoms with van der Waals surface area (Å²) in [6, 6.07) is 7.47. The summed E-state index contributed by atoms with van der Waals surface area (Å²) in [5.74, 6) is 0. The van der Waals surface area contributed by atoms with Crippen LogP contribution >= 0.6 is 0 Å². The van der Waals surface area contributed by atoms with Crippen LogP contribution in [0.2, 0.25) is 0 Å². The highest BCUT2D eigenvalue weighted by molar-refractivity contribution is 5.73. The van der Waals surface area contributed by atoms with Crippen molar-refractivity contribution in [1.82, 2.24) is 0 Å². The summed E-state index contributed by atoms with van der Waals surface area (Å²) in [5.41, 5.74) is 7.61. The van der Waals surface area contributed by atoms with Crippen molar-refractivity contribution in [3.8, 4) is 6.07 Å². The first kappa shape index (κ1) is 10.4. The smallest absolute Gasteiger partial charge is 0.101 e. The molecule has 14 heavy (non-hydrogen) atoms. The van der Waals surface area contributed by atoms with Gasteiger partial charge in [-0.1, -0.05) is 6.07 Å². The molecule has 0 bridgehead atoms. The Kier molecular flexibility index (Phi) is 2.66. The topological polar surface area (TPSA) is 61.8 Å². The first-order valence-electron chi connectivity index (χ1n) is 4.51. The summed E-state index contributed by atoms with van der Waals surface area (Å²) in [5, 5.41) is 12.0. The monoisotopic (exact) mass is 189 g/mol. The summed E-state index contributed by atoms with van der Waals surface area (Å²) in [6.07, 6.45) is 0. The lowest BCUT2D eigenvalue weighted by Gasteiger charge is -2.23. The SMILES string of the molecule is CC(C)(C)Nc1cccc(C#N)c1N. The van der Waals surface area contributed by atoms with Gasteiger partial charge in [0.15, 0.2) is 0 Å². The quantitative estimate of drug-likeness (QED) is 0.666. The molecule has 1 rings (SSSR count). The van der Waals surface area contributed by atoms with Gasteiger partial charge in [-0.15, -0.1) is 0 Å². The lowest BCUT2D eigenvalue weighted by molar-refractivity contribution is 0.634. The van der Waals surface area contributed by atoms with E-state index in [1.807, 2.05) is 32.9 Å². The summed E-state index contributed by atoms with van der Waals surface area (Å²) in [6.45, 7) is 6.14. The Balaban J connectivity index is 3.06. The predicted octanol–water partition coefficient (Wildman–Crippen LogP) is 2.35. The molecule has 0 aliphatic heterocycles. The van der Waals surface area contributed by atoms with Crippen LogP contribution in [-0.2, 0) is 0 Å². The van der Waals surface area contributed by atoms with Crippen molar-refractivity contribution >= 4 is 11.4 Å². The number of nitrogens with zero attached hydrogens (tertiary/aromatic N) is 1. The van der Waals surface area contributed by atoms with E-state index in [0.29, 0.717) is 11.3 Å². The van der Waals surface area contributed by atoms with Crippen molar-refractivity contribution < 1.29 is 0 Å². The van der Waals surface area contributed by atoms with Crippen LogP contribution in [0.4, 0.5) is 11.4 Å². The minimum Gasteiger partial charge on any atom is -0.396 e. The molecule has 74 valence electrons. The number of anilines is 2. The van der Waals surface area contributed by atoms with Crippen molar-refractivity contribution in [2.45, 2.75) is 26.3 Å². The van der Waals surface area contributed by atoms with Crippen LogP contribution in [-0.4, -0.2) is 5.54 Å². The van der Waals surface area contributed by atoms with Gasteiger partial charge in [0.25, 0.3) is 0 Å². The van der Waals surface area contributed by atoms with Crippen molar-refractivity contribution in [2.24, 2.45) is 0 Å². The van der Waals surface area contributed by atoms with Gasteiger partial charge in [-0.05, 0) is 32.9 Å². The van der Waals surface area contributed by atoms with E-state index in [1.54, 1.807) is 6.07 Å². The Labute approximate surface area is 84.5 Å². The number of benzene rings is 1. The molecule has 1 aromatic carbocycles. The summed E-state index contributed by atoms with van der Waals surface area (Å²) in [4.78, 5) is 0. The maximum atomic E-state index is 8.78. The lowest BCUT2D eigenvalue weighted by atomic mass is 10.1. The van der Waals surface area contributed by atoms with Gasteiger partial charge in [-0.25, -0.2) is 0 Å². The second-order valence-electron chi connectivity index (χ2n) is 4.25. The zero-order valence-corrected chi connectivity index (χ0v) is 8.76. The van der Waals surface area contributed by atoms with E-state index >= 15 is 0 Å². The molecule has 0 spiro atoms. The van der Waals surface area contributed by atoms with Crippen molar-refractivity contribution in [3.05, 3.63) is 23.8 Å². The molecule has 0 saturated carbocycles. The van der Waals surface area contributed by atoms with E-state index in [0.717, 1.165) is 5.69 Å². The molecule has 3 heteroatoms. The normalized spacial score (nSPS) is 10.7. The van der Waals surface area contributed by atoms with Crippen LogP contribution in [0.5, 0.6) is 0 Å². The molecular weight excluding hydrogens is 174 g/mol. The molecule has 3 N–H and O–H groups in total. The molecule has 0 fully saturated rings. The number of rotatable bonds is 1. The Morgan fingerprint density at radius 2 is 2.00 bits per heavy atom. The molecule has 0 aliphatic carbocycles. The van der Waals surface area contributed by atoms with Crippen LogP contribution in [0.3, 0.4) is 0 Å². The molecule has 0 unspecified atom stereocenters. The number of nitrogens with two attached hydrogens (primary N) is 1. The van der Waals surface area contributed by atoms with Crippen LogP contribution in [0, 0.1) is 11.3 Å². The van der Waals surface area contributed by atoms with Gasteiger partial charge in [-0.3, -0.25) is 0 Å². The van der Waals surface area contributed by atoms with Crippen molar-refractivity contribution in [3.63, 3.8) is 0 Å². The van der Waals surface area contributed by atoms with Crippen LogP contribution < -0.4 is 11.1 Å². The molecule has 0 amide bonds. The summed E-state index contributed by atoms with van der Waals surface area (Å²) in [7, 11) is 0. The highest BCUT2D eigenvalue weighted by Gasteiger charge is 2.12. The second kappa shape index (κ2) is 3.59. The molecular formula is C11H15N3. The third kappa shape index (κ3) is 2.40. The Bertz CT molecular complexity index is 369. The third-order valence-electron chi connectivity index (χ3n) is 1.74. The van der Waals surface area contributed by atoms with Gasteiger partial charge >= 0.3 is 0 Å². The zero-order chi connectivity index (χ0) is 10.8. The summed E-state index contributed by atoms with van der Waals surface area (Å²) < 4.78 is 0. The zero-order valence-electron chi connectivity index (χ0n) is 8.76. The fourth-order valence-electron chi connectivity index (χ4n) is 1.18. The van der Waals surface area contributed by atoms with Gasteiger partial charge in [0.05, 0.1) is 16.9 Å². The molecule has 3 nitrogen and oxygen atoms in total. The number of nitrogen functional groups attached to an aromatic ring is 1. The Morgan fingerprint density at radius 3 is 2.50 bits per heavy atom. The number of hydrogen-bond acceptors (Lipinski definition) is 3. The second-order valence-corrected chi connectivity index (χ2v) is 4.25. The number of hydrogen-bond donors (Lipinski definition) is 2. The first-order chi connectivity index (χ1) is 6.44. The lowest BCUT2D eigenvalue weighted by Crippen LogP contribution is -2.26. The Hall–Kier alpha value is -1.69. The molecule has 0 aliphatic rings. The number of nitriles is 1. The van der Waals surface area contributed by atoms with E-state index < -0.39 is 0 Å². The van der Waals surface area contributed by atoms with E-state index in [4.69, 9.17) is 11.0 Å². The van der Waals surface area contributed by atoms with Crippen LogP contribution in [0.1, 0.15) is 26.3 Å². The fourth-order valence-corrected chi connectivity index (χ4v) is 1.18. The van der Waals surface area contributed by atoms with Crippen molar-refractivity contribution in [1.29, 1.82) is 5.26 Å². The minimum absolute atomic E-state index is 0.0534. The third-order valence-corrected chi connectivity index (χ3v) is 1.74. The minimum atomic E-state index is -0.0534. The van der Waals surface area contributed by atoms with Crippen molar-refractivity contribution in [2.75, 3.05) is 11.1 Å². The summed E-state index contributed by atoms with van der Waals surface area (Å²) >= 11 is 0. The molecule has 0 saturated heterocycles. The predicted molar refractivity (Wildman–Crippen MR) is 58.9 cm³/mol.